The van der Waals surface area contributed by atoms with Crippen molar-refractivity contribution in [2.24, 2.45) is 0 Å². The summed E-state index contributed by atoms with van der Waals surface area (Å²) in [6.45, 7) is 11.0. The van der Waals surface area contributed by atoms with Gasteiger partial charge in [-0.25, -0.2) is 0 Å². The summed E-state index contributed by atoms with van der Waals surface area (Å²) in [5.74, 6) is 4.98. The van der Waals surface area contributed by atoms with E-state index in [1.807, 2.05) is 24.3 Å². The van der Waals surface area contributed by atoms with Crippen LogP contribution in [0.4, 0.5) is 17.1 Å². The molecule has 2 N–H and O–H groups in total. The minimum Gasteiger partial charge on any atom is -0.406 e. The molecule has 1 aromatic heterocycles. The maximum absolute atomic E-state index is 12.4. The summed E-state index contributed by atoms with van der Waals surface area (Å²) in [5, 5.41) is 16.5. The van der Waals surface area contributed by atoms with Crippen molar-refractivity contribution in [3.8, 4) is 17.9 Å². The van der Waals surface area contributed by atoms with E-state index in [1.54, 1.807) is 18.2 Å². The SMILES string of the molecule is CC(C)(C)[Si](C)(C)OCC#CC(=O)Nc1ccc2ncc(C#N)c(Nc3cccc(Br)c3)c2c1. The van der Waals surface area contributed by atoms with Crippen molar-refractivity contribution in [1.29, 1.82) is 5.26 Å². The monoisotopic (exact) mass is 534 g/mol. The van der Waals surface area contributed by atoms with Crippen molar-refractivity contribution in [2.75, 3.05) is 17.2 Å². The number of anilines is 3. The third kappa shape index (κ3) is 6.24. The topological polar surface area (TPSA) is 87.0 Å². The Kier molecular flexibility index (Phi) is 7.78. The summed E-state index contributed by atoms with van der Waals surface area (Å²) < 4.78 is 6.91. The molecule has 0 spiro atoms. The lowest BCUT2D eigenvalue weighted by molar-refractivity contribution is -0.111. The van der Waals surface area contributed by atoms with E-state index in [-0.39, 0.29) is 11.6 Å². The van der Waals surface area contributed by atoms with E-state index in [9.17, 15) is 10.1 Å². The second kappa shape index (κ2) is 10.4. The molecule has 0 aliphatic heterocycles. The van der Waals surface area contributed by atoms with Gasteiger partial charge in [-0.3, -0.25) is 9.78 Å². The number of hydrogen-bond donors (Lipinski definition) is 2. The van der Waals surface area contributed by atoms with Crippen LogP contribution in [0.15, 0.2) is 53.1 Å². The fourth-order valence-electron chi connectivity index (χ4n) is 2.91. The first kappa shape index (κ1) is 25.4. The average molecular weight is 536 g/mol. The highest BCUT2D eigenvalue weighted by atomic mass is 79.9. The zero-order chi connectivity index (χ0) is 24.9. The summed E-state index contributed by atoms with van der Waals surface area (Å²) in [4.78, 5) is 16.8. The highest BCUT2D eigenvalue weighted by Crippen LogP contribution is 2.36. The van der Waals surface area contributed by atoms with Crippen LogP contribution in [-0.2, 0) is 9.22 Å². The van der Waals surface area contributed by atoms with Crippen LogP contribution in [-0.4, -0.2) is 25.8 Å². The molecule has 174 valence electrons. The molecular formula is C26H27BrN4O2Si. The smallest absolute Gasteiger partial charge is 0.300 e. The Morgan fingerprint density at radius 2 is 1.94 bits per heavy atom. The Balaban J connectivity index is 1.81. The largest absolute Gasteiger partial charge is 0.406 e. The van der Waals surface area contributed by atoms with E-state index >= 15 is 0 Å². The van der Waals surface area contributed by atoms with Crippen LogP contribution in [0.3, 0.4) is 0 Å². The molecule has 0 saturated heterocycles. The molecular weight excluding hydrogens is 508 g/mol. The Morgan fingerprint density at radius 3 is 2.62 bits per heavy atom. The Hall–Kier alpha value is -3.17. The number of aromatic nitrogens is 1. The standard InChI is InChI=1S/C26H27BrN4O2Si/c1-26(2,3)34(4,5)33-13-7-10-24(32)30-21-11-12-23-22(15-21)25(18(16-28)17-29-23)31-20-9-6-8-19(27)14-20/h6,8-9,11-12,14-15,17H,13H2,1-5H3,(H,29,31)(H,30,32). The summed E-state index contributed by atoms with van der Waals surface area (Å²) in [5.41, 5.74) is 3.10. The number of benzene rings is 2. The zero-order valence-corrected chi connectivity index (χ0v) is 22.5. The fraction of sp³-hybridized carbons (Fsp3) is 0.269. The molecule has 0 fully saturated rings. The van der Waals surface area contributed by atoms with Crippen LogP contribution in [0.1, 0.15) is 26.3 Å². The van der Waals surface area contributed by atoms with Crippen molar-refractivity contribution >= 4 is 58.1 Å². The highest BCUT2D eigenvalue weighted by Gasteiger charge is 2.36. The molecule has 1 amide bonds. The lowest BCUT2D eigenvalue weighted by atomic mass is 10.1. The minimum atomic E-state index is -1.91. The lowest BCUT2D eigenvalue weighted by Crippen LogP contribution is -2.40. The summed E-state index contributed by atoms with van der Waals surface area (Å²) in [6.07, 6.45) is 1.54. The van der Waals surface area contributed by atoms with Gasteiger partial charge in [-0.2, -0.15) is 5.26 Å². The van der Waals surface area contributed by atoms with Crippen LogP contribution in [0.25, 0.3) is 10.9 Å². The van der Waals surface area contributed by atoms with Gasteiger partial charge >= 0.3 is 0 Å². The Bertz CT molecular complexity index is 1330. The number of pyridine rings is 1. The maximum Gasteiger partial charge on any atom is 0.300 e. The molecule has 0 aliphatic carbocycles. The molecule has 0 atom stereocenters. The third-order valence-corrected chi connectivity index (χ3v) is 10.8. The van der Waals surface area contributed by atoms with Gasteiger partial charge in [0.05, 0.1) is 23.4 Å². The third-order valence-electron chi connectivity index (χ3n) is 5.85. The number of amides is 1. The van der Waals surface area contributed by atoms with Crippen molar-refractivity contribution < 1.29 is 9.22 Å². The molecule has 34 heavy (non-hydrogen) atoms. The van der Waals surface area contributed by atoms with Gasteiger partial charge in [-0.1, -0.05) is 48.7 Å². The van der Waals surface area contributed by atoms with E-state index < -0.39 is 14.2 Å². The number of hydrogen-bond acceptors (Lipinski definition) is 5. The predicted octanol–water partition coefficient (Wildman–Crippen LogP) is 6.58. The predicted molar refractivity (Wildman–Crippen MR) is 143 cm³/mol. The van der Waals surface area contributed by atoms with Crippen molar-refractivity contribution in [2.45, 2.75) is 38.9 Å². The van der Waals surface area contributed by atoms with Gasteiger partial charge in [-0.15, -0.1) is 0 Å². The number of nitrogens with zero attached hydrogens (tertiary/aromatic N) is 2. The van der Waals surface area contributed by atoms with Gasteiger partial charge in [0.25, 0.3) is 5.91 Å². The zero-order valence-electron chi connectivity index (χ0n) is 19.9. The number of fused-ring (bicyclic) bond motifs is 1. The first-order chi connectivity index (χ1) is 16.0. The number of nitrogens with one attached hydrogen (secondary N) is 2. The van der Waals surface area contributed by atoms with Crippen molar-refractivity contribution in [3.05, 3.63) is 58.7 Å². The molecule has 0 bridgehead atoms. The number of carbonyl (C=O) groups is 1. The Morgan fingerprint density at radius 1 is 1.18 bits per heavy atom. The first-order valence-corrected chi connectivity index (χ1v) is 14.5. The van der Waals surface area contributed by atoms with Crippen LogP contribution in [0.5, 0.6) is 0 Å². The second-order valence-electron chi connectivity index (χ2n) is 9.33. The van der Waals surface area contributed by atoms with Gasteiger partial charge in [0.2, 0.25) is 0 Å². The molecule has 1 heterocycles. The van der Waals surface area contributed by atoms with Crippen LogP contribution < -0.4 is 10.6 Å². The van der Waals surface area contributed by atoms with Crippen LogP contribution in [0.2, 0.25) is 18.1 Å². The van der Waals surface area contributed by atoms with E-state index in [1.165, 1.54) is 6.20 Å². The summed E-state index contributed by atoms with van der Waals surface area (Å²) >= 11 is 3.46. The minimum absolute atomic E-state index is 0.0833. The second-order valence-corrected chi connectivity index (χ2v) is 15.1. The van der Waals surface area contributed by atoms with E-state index in [0.29, 0.717) is 27.8 Å². The molecule has 2 aromatic carbocycles. The van der Waals surface area contributed by atoms with Gasteiger partial charge < -0.3 is 15.1 Å². The van der Waals surface area contributed by atoms with E-state index in [0.717, 1.165) is 10.2 Å². The molecule has 3 aromatic rings. The average Bonchev–Trinajstić information content (AvgIpc) is 2.76. The number of halogens is 1. The Labute approximate surface area is 210 Å². The molecule has 8 heteroatoms. The van der Waals surface area contributed by atoms with Crippen molar-refractivity contribution in [1.82, 2.24) is 4.98 Å². The first-order valence-electron chi connectivity index (χ1n) is 10.8. The number of rotatable bonds is 5. The van der Waals surface area contributed by atoms with Gasteiger partial charge in [0.15, 0.2) is 8.32 Å². The molecule has 0 aliphatic rings. The van der Waals surface area contributed by atoms with Crippen molar-refractivity contribution in [3.63, 3.8) is 0 Å². The van der Waals surface area contributed by atoms with E-state index in [4.69, 9.17) is 4.43 Å². The molecule has 6 nitrogen and oxygen atoms in total. The molecule has 3 rings (SSSR count). The maximum atomic E-state index is 12.4. The van der Waals surface area contributed by atoms with E-state index in [2.05, 4.69) is 83.3 Å². The summed E-state index contributed by atoms with van der Waals surface area (Å²) in [7, 11) is -1.91. The fourth-order valence-corrected chi connectivity index (χ4v) is 4.18. The quantitative estimate of drug-likeness (QED) is 0.285. The normalized spacial score (nSPS) is 11.3. The van der Waals surface area contributed by atoms with Gasteiger partial charge in [-0.05, 0) is 60.5 Å². The van der Waals surface area contributed by atoms with Gasteiger partial charge in [0, 0.05) is 27.4 Å². The molecule has 0 unspecified atom stereocenters. The van der Waals surface area contributed by atoms with Crippen LogP contribution >= 0.6 is 15.9 Å². The molecule has 0 saturated carbocycles. The lowest BCUT2D eigenvalue weighted by Gasteiger charge is -2.35. The number of nitriles is 1. The molecule has 0 radical (unpaired) electrons. The highest BCUT2D eigenvalue weighted by molar-refractivity contribution is 9.10. The van der Waals surface area contributed by atoms with Gasteiger partial charge in [0.1, 0.15) is 6.07 Å². The number of carbonyl (C=O) groups excluding carboxylic acids is 1. The summed E-state index contributed by atoms with van der Waals surface area (Å²) in [6, 6.07) is 15.2. The van der Waals surface area contributed by atoms with Crippen LogP contribution in [0, 0.1) is 23.2 Å².